The second-order valence-electron chi connectivity index (χ2n) is 13.1. The van der Waals surface area contributed by atoms with Crippen molar-refractivity contribution in [2.24, 2.45) is 0 Å². The van der Waals surface area contributed by atoms with E-state index >= 15 is 0 Å². The average Bonchev–Trinajstić information content (AvgIpc) is 3.40. The van der Waals surface area contributed by atoms with E-state index in [2.05, 4.69) is 61.0 Å². The lowest BCUT2D eigenvalue weighted by atomic mass is 9.94. The maximum Gasteiger partial charge on any atom is 0.268 e. The molecule has 246 valence electrons. The van der Waals surface area contributed by atoms with Crippen LogP contribution in [0.15, 0.2) is 138 Å². The Balaban J connectivity index is 1.72. The molecule has 0 aliphatic heterocycles. The Morgan fingerprint density at radius 1 is 0.750 bits per heavy atom. The number of hydrogen-bond donors (Lipinski definition) is 1. The second kappa shape index (κ2) is 14.0. The molecule has 6 rings (SSSR count). The van der Waals surface area contributed by atoms with Crippen molar-refractivity contribution in [1.82, 2.24) is 8.69 Å². The van der Waals surface area contributed by atoms with Gasteiger partial charge in [0.15, 0.2) is 0 Å². The summed E-state index contributed by atoms with van der Waals surface area (Å²) in [6, 6.07) is 42.8. The van der Waals surface area contributed by atoms with Crippen molar-refractivity contribution in [3.8, 4) is 0 Å². The molecule has 0 saturated heterocycles. The molecule has 0 amide bonds. The van der Waals surface area contributed by atoms with Crippen LogP contribution in [-0.2, 0) is 27.5 Å². The van der Waals surface area contributed by atoms with Crippen molar-refractivity contribution in [3.63, 3.8) is 0 Å². The Hall–Kier alpha value is -3.71. The second-order valence-corrected chi connectivity index (χ2v) is 19.1. The van der Waals surface area contributed by atoms with Crippen molar-refractivity contribution in [3.05, 3.63) is 161 Å². The fourth-order valence-electron chi connectivity index (χ4n) is 6.18. The molecule has 0 bridgehead atoms. The zero-order chi connectivity index (χ0) is 34.1. The van der Waals surface area contributed by atoms with Crippen LogP contribution in [0.1, 0.15) is 54.8 Å². The molecule has 1 heterocycles. The molecule has 0 aliphatic rings. The van der Waals surface area contributed by atoms with Gasteiger partial charge in [-0.25, -0.2) is 12.4 Å². The molecular weight excluding hydrogens is 652 g/mol. The molecule has 8 heteroatoms. The molecule has 0 spiro atoms. The van der Waals surface area contributed by atoms with Gasteiger partial charge in [0.1, 0.15) is 10.8 Å². The van der Waals surface area contributed by atoms with Crippen LogP contribution in [0.4, 0.5) is 0 Å². The van der Waals surface area contributed by atoms with Crippen molar-refractivity contribution in [2.75, 3.05) is 0 Å². The van der Waals surface area contributed by atoms with E-state index in [1.807, 2.05) is 87.5 Å². The van der Waals surface area contributed by atoms with Crippen LogP contribution in [0.5, 0.6) is 0 Å². The highest BCUT2D eigenvalue weighted by atomic mass is 32.2. The highest BCUT2D eigenvalue weighted by molar-refractivity contribution is 7.91. The Labute approximate surface area is 289 Å². The van der Waals surface area contributed by atoms with Gasteiger partial charge in [0, 0.05) is 34.2 Å². The minimum Gasteiger partial charge on any atom is -0.598 e. The first kappa shape index (κ1) is 34.2. The Kier molecular flexibility index (Phi) is 9.98. The Morgan fingerprint density at radius 3 is 1.79 bits per heavy atom. The monoisotopic (exact) mass is 692 g/mol. The van der Waals surface area contributed by atoms with Crippen molar-refractivity contribution in [2.45, 2.75) is 56.5 Å². The van der Waals surface area contributed by atoms with Crippen molar-refractivity contribution >= 4 is 50.8 Å². The quantitative estimate of drug-likeness (QED) is 0.116. The lowest BCUT2D eigenvalue weighted by Gasteiger charge is -2.30. The largest absolute Gasteiger partial charge is 0.598 e. The fourth-order valence-corrected chi connectivity index (χ4v) is 11.0. The molecule has 6 aromatic rings. The van der Waals surface area contributed by atoms with Crippen molar-refractivity contribution in [1.29, 1.82) is 0 Å². The third-order valence-electron chi connectivity index (χ3n) is 8.34. The summed E-state index contributed by atoms with van der Waals surface area (Å²) >= 11 is -1.47. The van der Waals surface area contributed by atoms with Crippen LogP contribution in [0.25, 0.3) is 10.9 Å². The van der Waals surface area contributed by atoms with E-state index in [9.17, 15) is 13.0 Å². The molecule has 2 atom stereocenters. The normalized spacial score (nSPS) is 13.6. The van der Waals surface area contributed by atoms with E-state index in [4.69, 9.17) is 0 Å². The zero-order valence-electron chi connectivity index (χ0n) is 27.9. The molecule has 1 N–H and O–H groups in total. The Morgan fingerprint density at radius 2 is 1.25 bits per heavy atom. The van der Waals surface area contributed by atoms with Crippen LogP contribution in [0.2, 0.25) is 0 Å². The standard InChI is InChI=1S/C40H41N2O3PS2/c1-29-25-30(2)27-31(26-29)39(41-47(43)40(3,4)5)38-35-23-15-16-24-36(35)42(48(44,45)34-21-13-8-14-22-34)37(38)28-46(32-17-9-6-10-18-32)33-19-11-7-12-20-33/h6-27,39,41H,28H2,1-5H3/t39-,47?/m0/s1. The van der Waals surface area contributed by atoms with Crippen LogP contribution < -0.4 is 15.3 Å². The summed E-state index contributed by atoms with van der Waals surface area (Å²) in [5, 5.41) is 3.10. The van der Waals surface area contributed by atoms with E-state index < -0.39 is 40.1 Å². The summed E-state index contributed by atoms with van der Waals surface area (Å²) in [5.41, 5.74) is 5.21. The van der Waals surface area contributed by atoms with E-state index in [1.54, 1.807) is 28.2 Å². The molecule has 5 nitrogen and oxygen atoms in total. The third kappa shape index (κ3) is 7.03. The maximum absolute atomic E-state index is 14.9. The number of para-hydroxylation sites is 1. The number of fused-ring (bicyclic) bond motifs is 1. The number of hydrogen-bond acceptors (Lipinski definition) is 4. The van der Waals surface area contributed by atoms with Gasteiger partial charge in [0.05, 0.1) is 10.4 Å². The molecule has 5 aromatic carbocycles. The topological polar surface area (TPSA) is 74.2 Å². The lowest BCUT2D eigenvalue weighted by Crippen LogP contribution is -2.42. The van der Waals surface area contributed by atoms with Gasteiger partial charge in [0.25, 0.3) is 10.0 Å². The third-order valence-corrected chi connectivity index (χ3v) is 14.1. The van der Waals surface area contributed by atoms with Gasteiger partial charge < -0.3 is 4.55 Å². The molecule has 0 fully saturated rings. The smallest absolute Gasteiger partial charge is 0.268 e. The SMILES string of the molecule is Cc1cc(C)cc([C@H](N[S+]([O-])C(C)(C)C)c2c(CP(c3ccccc3)c3ccccc3)n(S(=O)(=O)c3ccccc3)c3ccccc23)c1. The van der Waals surface area contributed by atoms with Crippen LogP contribution in [-0.4, -0.2) is 21.7 Å². The Bertz CT molecular complexity index is 2070. The summed E-state index contributed by atoms with van der Waals surface area (Å²) < 4.78 is 48.3. The predicted molar refractivity (Wildman–Crippen MR) is 203 cm³/mol. The molecule has 1 unspecified atom stereocenters. The van der Waals surface area contributed by atoms with Gasteiger partial charge in [-0.3, -0.25) is 0 Å². The van der Waals surface area contributed by atoms with Gasteiger partial charge in [-0.2, -0.15) is 0 Å². The average molecular weight is 693 g/mol. The van der Waals surface area contributed by atoms with Gasteiger partial charge in [0.2, 0.25) is 0 Å². The highest BCUT2D eigenvalue weighted by Gasteiger charge is 2.37. The number of aromatic nitrogens is 1. The maximum atomic E-state index is 14.9. The molecule has 0 aliphatic carbocycles. The first-order valence-corrected chi connectivity index (χ1v) is 20.1. The van der Waals surface area contributed by atoms with E-state index in [1.165, 1.54) is 0 Å². The number of rotatable bonds is 10. The molecule has 0 saturated carbocycles. The van der Waals surface area contributed by atoms with Crippen LogP contribution in [0, 0.1) is 13.8 Å². The minimum absolute atomic E-state index is 0.219. The minimum atomic E-state index is -4.05. The predicted octanol–water partition coefficient (Wildman–Crippen LogP) is 8.27. The molecule has 1 aromatic heterocycles. The van der Waals surface area contributed by atoms with E-state index in [-0.39, 0.29) is 4.90 Å². The van der Waals surface area contributed by atoms with Gasteiger partial charge in [-0.15, -0.1) is 4.72 Å². The first-order chi connectivity index (χ1) is 22.9. The van der Waals surface area contributed by atoms with Gasteiger partial charge >= 0.3 is 0 Å². The summed E-state index contributed by atoms with van der Waals surface area (Å²) in [4.78, 5) is 0.219. The van der Waals surface area contributed by atoms with E-state index in [0.29, 0.717) is 17.4 Å². The summed E-state index contributed by atoms with van der Waals surface area (Å²) in [7, 11) is -5.10. The van der Waals surface area contributed by atoms with Gasteiger partial charge in [-0.1, -0.05) is 126 Å². The summed E-state index contributed by atoms with van der Waals surface area (Å²) in [6.07, 6.45) is 0.449. The zero-order valence-corrected chi connectivity index (χ0v) is 30.4. The number of nitrogens with zero attached hydrogens (tertiary/aromatic N) is 1. The lowest BCUT2D eigenvalue weighted by molar-refractivity contribution is 0.535. The number of aryl methyl sites for hydroxylation is 2. The first-order valence-electron chi connectivity index (χ1n) is 16.0. The fraction of sp³-hybridized carbons (Fsp3) is 0.200. The van der Waals surface area contributed by atoms with Crippen LogP contribution >= 0.6 is 7.92 Å². The van der Waals surface area contributed by atoms with E-state index in [0.717, 1.165) is 38.2 Å². The molecule has 48 heavy (non-hydrogen) atoms. The molecular formula is C40H41N2O3PS2. The molecule has 0 radical (unpaired) electrons. The summed E-state index contributed by atoms with van der Waals surface area (Å²) in [6.45, 7) is 9.96. The highest BCUT2D eigenvalue weighted by Crippen LogP contribution is 2.45. The summed E-state index contributed by atoms with van der Waals surface area (Å²) in [5.74, 6) is 0. The number of benzene rings is 5. The number of nitrogens with one attached hydrogen (secondary N) is 1. The van der Waals surface area contributed by atoms with Crippen molar-refractivity contribution < 1.29 is 13.0 Å². The van der Waals surface area contributed by atoms with Crippen LogP contribution in [0.3, 0.4) is 0 Å². The van der Waals surface area contributed by atoms with Gasteiger partial charge in [-0.05, 0) is 76.9 Å².